The molecule has 0 aromatic heterocycles. The fourth-order valence-electron chi connectivity index (χ4n) is 2.37. The van der Waals surface area contributed by atoms with Crippen LogP contribution in [-0.4, -0.2) is 37.9 Å². The minimum absolute atomic E-state index is 0.228. The molecule has 0 aliphatic carbocycles. The van der Waals surface area contributed by atoms with Gasteiger partial charge in [0.25, 0.3) is 0 Å². The monoisotopic (exact) mass is 322 g/mol. The molecule has 21 heavy (non-hydrogen) atoms. The summed E-state index contributed by atoms with van der Waals surface area (Å²) in [4.78, 5) is -0.327. The minimum atomic E-state index is -4.56. The third-order valence-corrected chi connectivity index (χ3v) is 5.58. The Morgan fingerprint density at radius 3 is 2.52 bits per heavy atom. The summed E-state index contributed by atoms with van der Waals surface area (Å²) in [5.41, 5.74) is -1.65. The highest BCUT2D eigenvalue weighted by atomic mass is 32.2. The van der Waals surface area contributed by atoms with E-state index in [2.05, 4.69) is 5.32 Å². The van der Waals surface area contributed by atoms with Gasteiger partial charge in [-0.1, -0.05) is 6.07 Å². The van der Waals surface area contributed by atoms with Crippen molar-refractivity contribution in [2.45, 2.75) is 30.5 Å². The van der Waals surface area contributed by atoms with E-state index in [1.54, 1.807) is 13.8 Å². The van der Waals surface area contributed by atoms with Crippen molar-refractivity contribution >= 4 is 10.0 Å². The van der Waals surface area contributed by atoms with Crippen LogP contribution in [0.25, 0.3) is 0 Å². The number of piperazine rings is 1. The first kappa shape index (κ1) is 16.3. The van der Waals surface area contributed by atoms with Gasteiger partial charge in [0.1, 0.15) is 0 Å². The quantitative estimate of drug-likeness (QED) is 0.907. The standard InChI is InChI=1S/C13H17F3N2O2S/c1-12(2)9-17-6-7-18(12)21(19,20)11-5-3-4-10(8-11)13(14,15)16/h3-5,8,17H,6-7,9H2,1-2H3. The van der Waals surface area contributed by atoms with Crippen LogP contribution in [0.2, 0.25) is 0 Å². The van der Waals surface area contributed by atoms with Crippen molar-refractivity contribution in [3.8, 4) is 0 Å². The molecule has 1 heterocycles. The summed E-state index contributed by atoms with van der Waals surface area (Å²) in [5, 5.41) is 3.08. The molecule has 4 nitrogen and oxygen atoms in total. The average molecular weight is 322 g/mol. The average Bonchev–Trinajstić information content (AvgIpc) is 2.37. The third kappa shape index (κ3) is 3.22. The Kier molecular flexibility index (Phi) is 4.07. The lowest BCUT2D eigenvalue weighted by Gasteiger charge is -2.41. The van der Waals surface area contributed by atoms with Crippen molar-refractivity contribution in [2.24, 2.45) is 0 Å². The zero-order valence-electron chi connectivity index (χ0n) is 11.7. The zero-order valence-corrected chi connectivity index (χ0v) is 12.6. The van der Waals surface area contributed by atoms with Crippen LogP contribution < -0.4 is 5.32 Å². The second-order valence-electron chi connectivity index (χ2n) is 5.59. The molecule has 0 atom stereocenters. The molecule has 1 aliphatic heterocycles. The maximum absolute atomic E-state index is 12.7. The van der Waals surface area contributed by atoms with Crippen LogP contribution in [0.4, 0.5) is 13.2 Å². The first-order valence-electron chi connectivity index (χ1n) is 6.46. The molecule has 118 valence electrons. The van der Waals surface area contributed by atoms with Crippen molar-refractivity contribution in [3.63, 3.8) is 0 Å². The molecule has 1 N–H and O–H groups in total. The molecule has 1 saturated heterocycles. The summed E-state index contributed by atoms with van der Waals surface area (Å²) in [7, 11) is -3.96. The van der Waals surface area contributed by atoms with E-state index in [0.717, 1.165) is 12.1 Å². The molecule has 0 amide bonds. The lowest BCUT2D eigenvalue weighted by atomic mass is 10.0. The van der Waals surface area contributed by atoms with Crippen molar-refractivity contribution in [1.82, 2.24) is 9.62 Å². The van der Waals surface area contributed by atoms with Crippen molar-refractivity contribution < 1.29 is 21.6 Å². The van der Waals surface area contributed by atoms with Gasteiger partial charge in [0, 0.05) is 25.2 Å². The summed E-state index contributed by atoms with van der Waals surface area (Å²) < 4.78 is 64.7. The van der Waals surface area contributed by atoms with E-state index in [0.29, 0.717) is 19.2 Å². The van der Waals surface area contributed by atoms with E-state index >= 15 is 0 Å². The Hall–Kier alpha value is -1.12. The van der Waals surface area contributed by atoms with Gasteiger partial charge in [0.2, 0.25) is 10.0 Å². The van der Waals surface area contributed by atoms with Gasteiger partial charge in [-0.2, -0.15) is 17.5 Å². The molecule has 1 aromatic rings. The summed E-state index contributed by atoms with van der Waals surface area (Å²) >= 11 is 0. The Morgan fingerprint density at radius 2 is 1.95 bits per heavy atom. The topological polar surface area (TPSA) is 49.4 Å². The predicted octanol–water partition coefficient (Wildman–Crippen LogP) is 2.08. The van der Waals surface area contributed by atoms with Crippen LogP contribution in [0.1, 0.15) is 19.4 Å². The van der Waals surface area contributed by atoms with Crippen molar-refractivity contribution in [2.75, 3.05) is 19.6 Å². The van der Waals surface area contributed by atoms with Gasteiger partial charge in [-0.3, -0.25) is 0 Å². The number of rotatable bonds is 2. The molecule has 0 saturated carbocycles. The third-order valence-electron chi connectivity index (χ3n) is 3.47. The van der Waals surface area contributed by atoms with Gasteiger partial charge in [0.05, 0.1) is 10.5 Å². The summed E-state index contributed by atoms with van der Waals surface area (Å²) in [5.74, 6) is 0. The second kappa shape index (κ2) is 5.26. The van der Waals surface area contributed by atoms with E-state index in [1.807, 2.05) is 0 Å². The van der Waals surface area contributed by atoms with Crippen LogP contribution in [0, 0.1) is 0 Å². The van der Waals surface area contributed by atoms with E-state index in [-0.39, 0.29) is 11.4 Å². The van der Waals surface area contributed by atoms with Crippen LogP contribution in [-0.2, 0) is 16.2 Å². The molecule has 8 heteroatoms. The molecule has 0 bridgehead atoms. The number of alkyl halides is 3. The first-order valence-corrected chi connectivity index (χ1v) is 7.90. The lowest BCUT2D eigenvalue weighted by Crippen LogP contribution is -2.59. The first-order chi connectivity index (χ1) is 9.55. The number of halogens is 3. The van der Waals surface area contributed by atoms with E-state index in [9.17, 15) is 21.6 Å². The van der Waals surface area contributed by atoms with Crippen molar-refractivity contribution in [3.05, 3.63) is 29.8 Å². The molecular weight excluding hydrogens is 305 g/mol. The maximum atomic E-state index is 12.7. The van der Waals surface area contributed by atoms with E-state index in [1.165, 1.54) is 10.4 Å². The van der Waals surface area contributed by atoms with Gasteiger partial charge in [-0.25, -0.2) is 8.42 Å². The summed E-state index contributed by atoms with van der Waals surface area (Å²) in [6, 6.07) is 3.86. The highest BCUT2D eigenvalue weighted by Gasteiger charge is 2.40. The molecule has 0 radical (unpaired) electrons. The molecule has 1 aromatic carbocycles. The second-order valence-corrected chi connectivity index (χ2v) is 7.45. The number of sulfonamides is 1. The molecule has 1 fully saturated rings. The smallest absolute Gasteiger partial charge is 0.314 e. The molecule has 1 aliphatic rings. The van der Waals surface area contributed by atoms with Crippen LogP contribution in [0.3, 0.4) is 0 Å². The Balaban J connectivity index is 2.45. The zero-order chi connectivity index (χ0) is 15.9. The molecule has 2 rings (SSSR count). The number of benzene rings is 1. The van der Waals surface area contributed by atoms with Gasteiger partial charge >= 0.3 is 6.18 Å². The molecule has 0 unspecified atom stereocenters. The normalized spacial score (nSPS) is 20.4. The Labute approximate surface area is 122 Å². The number of nitrogens with one attached hydrogen (secondary N) is 1. The molecule has 0 spiro atoms. The highest BCUT2D eigenvalue weighted by Crippen LogP contribution is 2.32. The van der Waals surface area contributed by atoms with Crippen LogP contribution >= 0.6 is 0 Å². The Morgan fingerprint density at radius 1 is 1.29 bits per heavy atom. The molecular formula is C13H17F3N2O2S. The highest BCUT2D eigenvalue weighted by molar-refractivity contribution is 7.89. The van der Waals surface area contributed by atoms with Gasteiger partial charge in [0.15, 0.2) is 0 Å². The van der Waals surface area contributed by atoms with Crippen molar-refractivity contribution in [1.29, 1.82) is 0 Å². The Bertz CT molecular complexity index is 627. The number of nitrogens with zero attached hydrogens (tertiary/aromatic N) is 1. The summed E-state index contributed by atoms with van der Waals surface area (Å²) in [6.45, 7) is 4.63. The van der Waals surface area contributed by atoms with Gasteiger partial charge in [-0.15, -0.1) is 0 Å². The van der Waals surface area contributed by atoms with E-state index < -0.39 is 27.3 Å². The lowest BCUT2D eigenvalue weighted by molar-refractivity contribution is -0.137. The van der Waals surface area contributed by atoms with Crippen LogP contribution in [0.15, 0.2) is 29.2 Å². The number of hydrogen-bond donors (Lipinski definition) is 1. The SMILES string of the molecule is CC1(C)CNCCN1S(=O)(=O)c1cccc(C(F)(F)F)c1. The fraction of sp³-hybridized carbons (Fsp3) is 0.538. The largest absolute Gasteiger partial charge is 0.416 e. The fourth-order valence-corrected chi connectivity index (χ4v) is 4.20. The maximum Gasteiger partial charge on any atom is 0.416 e. The number of hydrogen-bond acceptors (Lipinski definition) is 3. The van der Waals surface area contributed by atoms with Gasteiger partial charge < -0.3 is 5.32 Å². The van der Waals surface area contributed by atoms with Crippen LogP contribution in [0.5, 0.6) is 0 Å². The van der Waals surface area contributed by atoms with Gasteiger partial charge in [-0.05, 0) is 32.0 Å². The minimum Gasteiger partial charge on any atom is -0.314 e. The van der Waals surface area contributed by atoms with E-state index in [4.69, 9.17) is 0 Å². The summed E-state index contributed by atoms with van der Waals surface area (Å²) in [6.07, 6.45) is -4.56. The predicted molar refractivity (Wildman–Crippen MR) is 72.3 cm³/mol.